The molecule has 0 saturated heterocycles. The molecule has 0 aromatic heterocycles. The number of hydrogen-bond acceptors (Lipinski definition) is 6. The third kappa shape index (κ3) is 5.80. The summed E-state index contributed by atoms with van der Waals surface area (Å²) in [6.45, 7) is 0. The van der Waals surface area contributed by atoms with E-state index < -0.39 is 28.2 Å². The number of benzene rings is 3. The van der Waals surface area contributed by atoms with Crippen molar-refractivity contribution in [2.24, 2.45) is 0 Å². The maximum absolute atomic E-state index is 12.6. The molecule has 0 bridgehead atoms. The van der Waals surface area contributed by atoms with Crippen molar-refractivity contribution in [1.82, 2.24) is 4.72 Å². The van der Waals surface area contributed by atoms with Crippen LogP contribution in [-0.2, 0) is 30.9 Å². The van der Waals surface area contributed by atoms with Crippen LogP contribution < -0.4 is 9.44 Å². The zero-order valence-corrected chi connectivity index (χ0v) is 17.8. The smallest absolute Gasteiger partial charge is 0.337 e. The van der Waals surface area contributed by atoms with Gasteiger partial charge in [0.05, 0.1) is 25.5 Å². The third-order valence-electron chi connectivity index (χ3n) is 4.57. The number of rotatable bonds is 8. The molecule has 0 saturated carbocycles. The van der Waals surface area contributed by atoms with Gasteiger partial charge >= 0.3 is 11.9 Å². The molecule has 0 aliphatic carbocycles. The van der Waals surface area contributed by atoms with Crippen molar-refractivity contribution in [3.63, 3.8) is 0 Å². The Balaban J connectivity index is 1.79. The van der Waals surface area contributed by atoms with Gasteiger partial charge in [-0.2, -0.15) is 13.1 Å². The first kappa shape index (κ1) is 22.3. The first-order chi connectivity index (χ1) is 14.8. The Morgan fingerprint density at radius 3 is 2.35 bits per heavy atom. The SMILES string of the molecule is COC(=O)c1cccc(NS(=O)(=O)N[C@@H](Cc2ccc3ccccc3c2)C(=O)OC)c1. The molecule has 0 aliphatic heterocycles. The molecular weight excluding hydrogens is 420 g/mol. The lowest BCUT2D eigenvalue weighted by molar-refractivity contribution is -0.142. The van der Waals surface area contributed by atoms with Gasteiger partial charge in [0.2, 0.25) is 0 Å². The molecule has 9 heteroatoms. The van der Waals surface area contributed by atoms with Gasteiger partial charge in [0.25, 0.3) is 10.2 Å². The first-order valence-electron chi connectivity index (χ1n) is 9.35. The number of carbonyl (C=O) groups excluding carboxylic acids is 2. The minimum absolute atomic E-state index is 0.0978. The van der Waals surface area contributed by atoms with Crippen LogP contribution in [0, 0.1) is 0 Å². The lowest BCUT2D eigenvalue weighted by atomic mass is 10.0. The predicted molar refractivity (Wildman–Crippen MR) is 117 cm³/mol. The molecule has 3 aromatic carbocycles. The van der Waals surface area contributed by atoms with E-state index in [1.165, 1.54) is 38.5 Å². The second-order valence-electron chi connectivity index (χ2n) is 6.76. The van der Waals surface area contributed by atoms with Crippen LogP contribution in [0.25, 0.3) is 10.8 Å². The number of carbonyl (C=O) groups is 2. The van der Waals surface area contributed by atoms with Gasteiger partial charge in [0.15, 0.2) is 0 Å². The number of fused-ring (bicyclic) bond motifs is 1. The maximum atomic E-state index is 12.6. The van der Waals surface area contributed by atoms with E-state index in [1.54, 1.807) is 0 Å². The van der Waals surface area contributed by atoms with Crippen molar-refractivity contribution in [3.05, 3.63) is 77.9 Å². The highest BCUT2D eigenvalue weighted by atomic mass is 32.2. The molecule has 0 aliphatic rings. The van der Waals surface area contributed by atoms with E-state index in [0.29, 0.717) is 0 Å². The van der Waals surface area contributed by atoms with Crippen LogP contribution >= 0.6 is 0 Å². The fourth-order valence-electron chi connectivity index (χ4n) is 3.12. The van der Waals surface area contributed by atoms with E-state index in [4.69, 9.17) is 4.74 Å². The van der Waals surface area contributed by atoms with E-state index in [-0.39, 0.29) is 17.7 Å². The number of nitrogens with one attached hydrogen (secondary N) is 2. The van der Waals surface area contributed by atoms with Crippen LogP contribution in [0.1, 0.15) is 15.9 Å². The second-order valence-corrected chi connectivity index (χ2v) is 8.20. The summed E-state index contributed by atoms with van der Waals surface area (Å²) in [4.78, 5) is 23.9. The minimum Gasteiger partial charge on any atom is -0.468 e. The van der Waals surface area contributed by atoms with Gasteiger partial charge in [-0.3, -0.25) is 9.52 Å². The van der Waals surface area contributed by atoms with Crippen molar-refractivity contribution in [2.75, 3.05) is 18.9 Å². The molecule has 1 atom stereocenters. The van der Waals surface area contributed by atoms with Gasteiger partial charge in [0, 0.05) is 0 Å². The highest BCUT2D eigenvalue weighted by Crippen LogP contribution is 2.18. The molecule has 3 rings (SSSR count). The van der Waals surface area contributed by atoms with Crippen LogP contribution in [0.4, 0.5) is 5.69 Å². The predicted octanol–water partition coefficient (Wildman–Crippen LogP) is 2.66. The van der Waals surface area contributed by atoms with E-state index in [9.17, 15) is 18.0 Å². The van der Waals surface area contributed by atoms with E-state index in [1.807, 2.05) is 42.5 Å². The number of esters is 2. The quantitative estimate of drug-likeness (QED) is 0.519. The fourth-order valence-corrected chi connectivity index (χ4v) is 4.17. The maximum Gasteiger partial charge on any atom is 0.337 e. The van der Waals surface area contributed by atoms with Crippen LogP contribution in [0.3, 0.4) is 0 Å². The molecule has 3 aromatic rings. The summed E-state index contributed by atoms with van der Waals surface area (Å²) in [7, 11) is -1.73. The van der Waals surface area contributed by atoms with Gasteiger partial charge in [-0.1, -0.05) is 48.5 Å². The van der Waals surface area contributed by atoms with Crippen molar-refractivity contribution >= 4 is 38.6 Å². The Bertz CT molecular complexity index is 1210. The molecule has 0 amide bonds. The average molecular weight is 442 g/mol. The minimum atomic E-state index is -4.15. The van der Waals surface area contributed by atoms with Gasteiger partial charge in [-0.05, 0) is 41.0 Å². The second kappa shape index (κ2) is 9.59. The summed E-state index contributed by atoms with van der Waals surface area (Å²) in [5.74, 6) is -1.32. The molecule has 0 fully saturated rings. The molecule has 31 heavy (non-hydrogen) atoms. The molecule has 0 radical (unpaired) electrons. The number of methoxy groups -OCH3 is 2. The molecule has 8 nitrogen and oxygen atoms in total. The number of ether oxygens (including phenoxy) is 2. The highest BCUT2D eigenvalue weighted by Gasteiger charge is 2.26. The topological polar surface area (TPSA) is 111 Å². The standard InChI is InChI=1S/C22H22N2O6S/c1-29-21(25)18-8-5-9-19(14-18)23-31(27,28)24-20(22(26)30-2)13-15-10-11-16-6-3-4-7-17(16)12-15/h3-12,14,20,23-24H,13H2,1-2H3/t20-/m0/s1. The van der Waals surface area contributed by atoms with E-state index >= 15 is 0 Å². The van der Waals surface area contributed by atoms with Gasteiger partial charge < -0.3 is 9.47 Å². The monoisotopic (exact) mass is 442 g/mol. The Hall–Kier alpha value is -3.43. The average Bonchev–Trinajstić information content (AvgIpc) is 2.77. The Morgan fingerprint density at radius 1 is 0.903 bits per heavy atom. The van der Waals surface area contributed by atoms with Crippen molar-refractivity contribution in [1.29, 1.82) is 0 Å². The zero-order chi connectivity index (χ0) is 22.4. The summed E-state index contributed by atoms with van der Waals surface area (Å²) in [5.41, 5.74) is 1.09. The van der Waals surface area contributed by atoms with Gasteiger partial charge in [-0.25, -0.2) is 4.79 Å². The molecule has 162 valence electrons. The number of hydrogen-bond donors (Lipinski definition) is 2. The van der Waals surface area contributed by atoms with Crippen LogP contribution in [0.2, 0.25) is 0 Å². The van der Waals surface area contributed by atoms with Crippen molar-refractivity contribution < 1.29 is 27.5 Å². The third-order valence-corrected chi connectivity index (χ3v) is 5.67. The Morgan fingerprint density at radius 2 is 1.65 bits per heavy atom. The zero-order valence-electron chi connectivity index (χ0n) is 17.0. The lowest BCUT2D eigenvalue weighted by Crippen LogP contribution is -2.45. The fraction of sp³-hybridized carbons (Fsp3) is 0.182. The van der Waals surface area contributed by atoms with Gasteiger partial charge in [-0.15, -0.1) is 0 Å². The molecule has 0 heterocycles. The highest BCUT2D eigenvalue weighted by molar-refractivity contribution is 7.90. The summed E-state index contributed by atoms with van der Waals surface area (Å²) in [5, 5.41) is 2.01. The summed E-state index contributed by atoms with van der Waals surface area (Å²) in [6.07, 6.45) is 0.0978. The van der Waals surface area contributed by atoms with Crippen molar-refractivity contribution in [2.45, 2.75) is 12.5 Å². The van der Waals surface area contributed by atoms with E-state index in [2.05, 4.69) is 14.2 Å². The van der Waals surface area contributed by atoms with Crippen LogP contribution in [0.5, 0.6) is 0 Å². The largest absolute Gasteiger partial charge is 0.468 e. The van der Waals surface area contributed by atoms with Crippen LogP contribution in [-0.4, -0.2) is 40.6 Å². The van der Waals surface area contributed by atoms with Crippen molar-refractivity contribution in [3.8, 4) is 0 Å². The van der Waals surface area contributed by atoms with Gasteiger partial charge in [0.1, 0.15) is 6.04 Å². The first-order valence-corrected chi connectivity index (χ1v) is 10.8. The molecular formula is C22H22N2O6S. The lowest BCUT2D eigenvalue weighted by Gasteiger charge is -2.18. The Kier molecular flexibility index (Phi) is 6.88. The molecule has 0 spiro atoms. The summed E-state index contributed by atoms with van der Waals surface area (Å²) in [6, 6.07) is 18.0. The van der Waals surface area contributed by atoms with E-state index in [0.717, 1.165) is 16.3 Å². The molecule has 2 N–H and O–H groups in total. The van der Waals surface area contributed by atoms with Crippen LogP contribution in [0.15, 0.2) is 66.7 Å². The number of anilines is 1. The summed E-state index contributed by atoms with van der Waals surface area (Å²) >= 11 is 0. The molecule has 0 unspecified atom stereocenters. The normalized spacial score (nSPS) is 12.2. The summed E-state index contributed by atoms with van der Waals surface area (Å²) < 4.78 is 39.3. The Labute approximate surface area is 180 Å².